The van der Waals surface area contributed by atoms with Crippen LogP contribution < -0.4 is 5.73 Å². The van der Waals surface area contributed by atoms with Crippen LogP contribution in [0, 0.1) is 17.6 Å². The highest BCUT2D eigenvalue weighted by atomic mass is 79.9. The molecule has 2 atom stereocenters. The van der Waals surface area contributed by atoms with E-state index < -0.39 is 11.6 Å². The predicted molar refractivity (Wildman–Crippen MR) is 71.7 cm³/mol. The Balaban J connectivity index is 2.23. The first-order chi connectivity index (χ1) is 8.90. The molecule has 0 aromatic heterocycles. The smallest absolute Gasteiger partial charge is 0.255 e. The topological polar surface area (TPSA) is 46.3 Å². The third-order valence-corrected chi connectivity index (χ3v) is 4.16. The summed E-state index contributed by atoms with van der Waals surface area (Å²) in [5.74, 6) is -2.10. The number of rotatable bonds is 1. The Labute approximate surface area is 118 Å². The van der Waals surface area contributed by atoms with Crippen LogP contribution in [0.15, 0.2) is 16.6 Å². The quantitative estimate of drug-likeness (QED) is 0.803. The molecule has 1 aliphatic heterocycles. The molecule has 0 spiro atoms. The van der Waals surface area contributed by atoms with Crippen molar-refractivity contribution in [2.45, 2.75) is 19.4 Å². The largest absolute Gasteiger partial charge is 0.338 e. The number of nitrogens with zero attached hydrogens (tertiary/aromatic N) is 1. The second-order valence-electron chi connectivity index (χ2n) is 4.93. The van der Waals surface area contributed by atoms with Crippen LogP contribution >= 0.6 is 15.9 Å². The Morgan fingerprint density at radius 2 is 2.05 bits per heavy atom. The highest BCUT2D eigenvalue weighted by Crippen LogP contribution is 2.24. The predicted octanol–water partition coefficient (Wildman–Crippen LogP) is 2.54. The zero-order valence-corrected chi connectivity index (χ0v) is 12.1. The summed E-state index contributed by atoms with van der Waals surface area (Å²) in [6.45, 7) is 3.05. The molecule has 2 rings (SSSR count). The molecule has 104 valence electrons. The first-order valence-electron chi connectivity index (χ1n) is 6.09. The zero-order chi connectivity index (χ0) is 14.2. The number of hydrogen-bond acceptors (Lipinski definition) is 2. The molecular weight excluding hydrogens is 318 g/mol. The molecule has 6 heteroatoms. The Morgan fingerprint density at radius 1 is 1.42 bits per heavy atom. The monoisotopic (exact) mass is 332 g/mol. The van der Waals surface area contributed by atoms with Crippen LogP contribution in [0.1, 0.15) is 23.7 Å². The van der Waals surface area contributed by atoms with Crippen LogP contribution in [0.25, 0.3) is 0 Å². The summed E-state index contributed by atoms with van der Waals surface area (Å²) in [6, 6.07) is 1.99. The molecule has 2 unspecified atom stereocenters. The molecule has 1 heterocycles. The molecule has 0 radical (unpaired) electrons. The van der Waals surface area contributed by atoms with E-state index in [1.807, 2.05) is 6.92 Å². The van der Waals surface area contributed by atoms with Crippen molar-refractivity contribution in [3.63, 3.8) is 0 Å². The number of hydrogen-bond donors (Lipinski definition) is 1. The zero-order valence-electron chi connectivity index (χ0n) is 10.5. The van der Waals surface area contributed by atoms with Gasteiger partial charge in [0.1, 0.15) is 0 Å². The molecule has 1 aliphatic rings. The molecule has 0 saturated carbocycles. The Morgan fingerprint density at radius 3 is 2.68 bits per heavy atom. The molecule has 1 fully saturated rings. The summed E-state index contributed by atoms with van der Waals surface area (Å²) < 4.78 is 26.5. The lowest BCUT2D eigenvalue weighted by Crippen LogP contribution is -2.48. The second kappa shape index (κ2) is 5.54. The molecule has 1 saturated heterocycles. The Bertz CT molecular complexity index is 510. The van der Waals surface area contributed by atoms with Crippen molar-refractivity contribution in [1.29, 1.82) is 0 Å². The first kappa shape index (κ1) is 14.4. The minimum absolute atomic E-state index is 0.0810. The van der Waals surface area contributed by atoms with Gasteiger partial charge in [-0.3, -0.25) is 4.79 Å². The lowest BCUT2D eigenvalue weighted by Gasteiger charge is -2.35. The molecular formula is C13H15BrF2N2O. The number of piperidine rings is 1. The minimum Gasteiger partial charge on any atom is -0.338 e. The van der Waals surface area contributed by atoms with Gasteiger partial charge in [0.15, 0.2) is 11.6 Å². The van der Waals surface area contributed by atoms with Gasteiger partial charge in [-0.1, -0.05) is 6.92 Å². The number of carbonyl (C=O) groups excluding carboxylic acids is 1. The first-order valence-corrected chi connectivity index (χ1v) is 6.89. The fraction of sp³-hybridized carbons (Fsp3) is 0.462. The lowest BCUT2D eigenvalue weighted by atomic mass is 9.94. The summed E-state index contributed by atoms with van der Waals surface area (Å²) in [7, 11) is 0. The fourth-order valence-electron chi connectivity index (χ4n) is 2.20. The van der Waals surface area contributed by atoms with E-state index in [0.29, 0.717) is 19.5 Å². The van der Waals surface area contributed by atoms with E-state index in [1.54, 1.807) is 4.90 Å². The van der Waals surface area contributed by atoms with Crippen LogP contribution in [0.5, 0.6) is 0 Å². The van der Waals surface area contributed by atoms with E-state index in [4.69, 9.17) is 5.73 Å². The highest BCUT2D eigenvalue weighted by Gasteiger charge is 2.28. The van der Waals surface area contributed by atoms with Crippen molar-refractivity contribution in [1.82, 2.24) is 4.90 Å². The number of amides is 1. The average molecular weight is 333 g/mol. The number of benzene rings is 1. The lowest BCUT2D eigenvalue weighted by molar-refractivity contribution is 0.0662. The average Bonchev–Trinajstić information content (AvgIpc) is 2.36. The van der Waals surface area contributed by atoms with E-state index in [2.05, 4.69) is 15.9 Å². The van der Waals surface area contributed by atoms with Crippen molar-refractivity contribution >= 4 is 21.8 Å². The maximum Gasteiger partial charge on any atom is 0.255 e. The van der Waals surface area contributed by atoms with E-state index >= 15 is 0 Å². The molecule has 1 amide bonds. The van der Waals surface area contributed by atoms with E-state index in [-0.39, 0.29) is 27.9 Å². The van der Waals surface area contributed by atoms with Crippen LogP contribution in [0.2, 0.25) is 0 Å². The van der Waals surface area contributed by atoms with Crippen LogP contribution in [0.3, 0.4) is 0 Å². The van der Waals surface area contributed by atoms with Gasteiger partial charge in [-0.05, 0) is 40.4 Å². The van der Waals surface area contributed by atoms with Crippen LogP contribution in [0.4, 0.5) is 8.78 Å². The van der Waals surface area contributed by atoms with Gasteiger partial charge in [0.2, 0.25) is 0 Å². The van der Waals surface area contributed by atoms with Crippen molar-refractivity contribution in [3.8, 4) is 0 Å². The standard InChI is InChI=1S/C13H15BrF2N2O/c1-7-6-18(3-2-12(7)17)13(19)8-4-10(15)11(16)5-9(8)14/h4-5,7,12H,2-3,6,17H2,1H3. The summed E-state index contributed by atoms with van der Waals surface area (Å²) >= 11 is 3.10. The van der Waals surface area contributed by atoms with Gasteiger partial charge < -0.3 is 10.6 Å². The van der Waals surface area contributed by atoms with Crippen molar-refractivity contribution in [2.75, 3.05) is 13.1 Å². The molecule has 1 aromatic rings. The maximum absolute atomic E-state index is 13.2. The number of halogens is 3. The van der Waals surface area contributed by atoms with Gasteiger partial charge in [-0.25, -0.2) is 8.78 Å². The normalized spacial score (nSPS) is 23.5. The number of carbonyl (C=O) groups is 1. The molecule has 1 aromatic carbocycles. The third kappa shape index (κ3) is 2.95. The molecule has 0 aliphatic carbocycles. The summed E-state index contributed by atoms with van der Waals surface area (Å²) in [4.78, 5) is 13.9. The summed E-state index contributed by atoms with van der Waals surface area (Å²) in [5.41, 5.74) is 6.04. The van der Waals surface area contributed by atoms with E-state index in [1.165, 1.54) is 0 Å². The Kier molecular flexibility index (Phi) is 4.20. The SMILES string of the molecule is CC1CN(C(=O)c2cc(F)c(F)cc2Br)CCC1N. The Hall–Kier alpha value is -1.01. The van der Waals surface area contributed by atoms with Crippen LogP contribution in [-0.2, 0) is 0 Å². The van der Waals surface area contributed by atoms with E-state index in [0.717, 1.165) is 12.1 Å². The number of nitrogens with two attached hydrogens (primary N) is 1. The van der Waals surface area contributed by atoms with Gasteiger partial charge in [0, 0.05) is 23.6 Å². The molecule has 19 heavy (non-hydrogen) atoms. The van der Waals surface area contributed by atoms with Gasteiger partial charge >= 0.3 is 0 Å². The molecule has 3 nitrogen and oxygen atoms in total. The molecule has 0 bridgehead atoms. The second-order valence-corrected chi connectivity index (χ2v) is 5.78. The highest BCUT2D eigenvalue weighted by molar-refractivity contribution is 9.10. The number of likely N-dealkylation sites (tertiary alicyclic amines) is 1. The van der Waals surface area contributed by atoms with Crippen molar-refractivity contribution in [3.05, 3.63) is 33.8 Å². The maximum atomic E-state index is 13.2. The van der Waals surface area contributed by atoms with Gasteiger partial charge in [0.05, 0.1) is 5.56 Å². The van der Waals surface area contributed by atoms with Crippen molar-refractivity contribution in [2.24, 2.45) is 11.7 Å². The summed E-state index contributed by atoms with van der Waals surface area (Å²) in [5, 5.41) is 0. The van der Waals surface area contributed by atoms with Crippen LogP contribution in [-0.4, -0.2) is 29.9 Å². The molecule has 2 N–H and O–H groups in total. The van der Waals surface area contributed by atoms with Crippen molar-refractivity contribution < 1.29 is 13.6 Å². The van der Waals surface area contributed by atoms with Gasteiger partial charge in [-0.2, -0.15) is 0 Å². The minimum atomic E-state index is -1.02. The fourth-order valence-corrected chi connectivity index (χ4v) is 2.69. The van der Waals surface area contributed by atoms with E-state index in [9.17, 15) is 13.6 Å². The summed E-state index contributed by atoms with van der Waals surface area (Å²) in [6.07, 6.45) is 0.716. The van der Waals surface area contributed by atoms with Gasteiger partial charge in [-0.15, -0.1) is 0 Å². The van der Waals surface area contributed by atoms with Gasteiger partial charge in [0.25, 0.3) is 5.91 Å². The third-order valence-electron chi connectivity index (χ3n) is 3.50.